The van der Waals surface area contributed by atoms with Crippen LogP contribution in [-0.2, 0) is 6.54 Å². The Kier molecular flexibility index (Phi) is 3.77. The van der Waals surface area contributed by atoms with Gasteiger partial charge in [-0.3, -0.25) is 0 Å². The maximum Gasteiger partial charge on any atom is 0.146 e. The third kappa shape index (κ3) is 2.53. The smallest absolute Gasteiger partial charge is 0.146 e. The molecule has 22 heavy (non-hydrogen) atoms. The topological polar surface area (TPSA) is 68.8 Å². The summed E-state index contributed by atoms with van der Waals surface area (Å²) in [6.07, 6.45) is 3.49. The van der Waals surface area contributed by atoms with E-state index in [1.807, 2.05) is 13.2 Å². The first kappa shape index (κ1) is 14.5. The Morgan fingerprint density at radius 2 is 2.00 bits per heavy atom. The van der Waals surface area contributed by atoms with Crippen molar-refractivity contribution in [3.05, 3.63) is 53.5 Å². The van der Waals surface area contributed by atoms with Crippen LogP contribution in [0.1, 0.15) is 16.7 Å². The highest BCUT2D eigenvalue weighted by Gasteiger charge is 2.16. The molecule has 0 atom stereocenters. The van der Waals surface area contributed by atoms with Crippen LogP contribution in [0.25, 0.3) is 11.0 Å². The quantitative estimate of drug-likeness (QED) is 0.724. The number of nitrogens with two attached hydrogens (primary N) is 1. The predicted octanol–water partition coefficient (Wildman–Crippen LogP) is 2.46. The summed E-state index contributed by atoms with van der Waals surface area (Å²) in [6.45, 7) is 2.78. The molecule has 112 valence electrons. The number of thiocarbonyl (C=S) groups is 1. The zero-order chi connectivity index (χ0) is 15.7. The van der Waals surface area contributed by atoms with Crippen LogP contribution in [-0.4, -0.2) is 26.6 Å². The van der Waals surface area contributed by atoms with Crippen LogP contribution in [0.15, 0.2) is 36.8 Å². The minimum absolute atomic E-state index is 0.346. The summed E-state index contributed by atoms with van der Waals surface area (Å²) in [6, 6.07) is 8.43. The predicted molar refractivity (Wildman–Crippen MR) is 93.2 cm³/mol. The highest BCUT2D eigenvalue weighted by molar-refractivity contribution is 7.80. The summed E-state index contributed by atoms with van der Waals surface area (Å²) >= 11 is 5.17. The zero-order valence-electron chi connectivity index (χ0n) is 12.5. The molecule has 0 spiro atoms. The van der Waals surface area contributed by atoms with E-state index in [9.17, 15) is 0 Å². The molecule has 3 rings (SSSR count). The monoisotopic (exact) mass is 311 g/mol. The van der Waals surface area contributed by atoms with E-state index in [1.165, 1.54) is 11.1 Å². The second-order valence-electron chi connectivity index (χ2n) is 5.19. The van der Waals surface area contributed by atoms with Crippen LogP contribution >= 0.6 is 12.2 Å². The molecule has 0 aliphatic rings. The molecule has 1 aromatic carbocycles. The molecule has 5 nitrogen and oxygen atoms in total. The number of aryl methyl sites for hydroxylation is 1. The second kappa shape index (κ2) is 5.73. The Labute approximate surface area is 134 Å². The summed E-state index contributed by atoms with van der Waals surface area (Å²) < 4.78 is 2.05. The summed E-state index contributed by atoms with van der Waals surface area (Å²) in [4.78, 5) is 9.00. The summed E-state index contributed by atoms with van der Waals surface area (Å²) in [5.74, 6) is 0.732. The van der Waals surface area contributed by atoms with E-state index in [0.717, 1.165) is 22.4 Å². The Morgan fingerprint density at radius 1 is 1.27 bits per heavy atom. The molecule has 0 unspecified atom stereocenters. The Bertz CT molecular complexity index is 836. The van der Waals surface area contributed by atoms with Gasteiger partial charge < -0.3 is 15.6 Å². The van der Waals surface area contributed by atoms with Crippen LogP contribution in [0.2, 0.25) is 0 Å². The standard InChI is InChI=1S/C16H17N5S/c1-10-3-5-11(6-4-10)7-21-8-12(14(17)22)13-15(18-2)19-9-20-16(13)21/h3-6,8-9H,7H2,1-2H3,(H2,17,22)(H,18,19,20). The maximum absolute atomic E-state index is 5.86. The van der Waals surface area contributed by atoms with Gasteiger partial charge >= 0.3 is 0 Å². The SMILES string of the molecule is CNc1ncnc2c1c(C(N)=S)cn2Cc1ccc(C)cc1. The third-order valence-corrected chi connectivity index (χ3v) is 3.85. The summed E-state index contributed by atoms with van der Waals surface area (Å²) in [7, 11) is 1.82. The Balaban J connectivity index is 2.14. The first-order valence-electron chi connectivity index (χ1n) is 6.97. The van der Waals surface area contributed by atoms with E-state index in [4.69, 9.17) is 18.0 Å². The molecule has 3 aromatic rings. The normalized spacial score (nSPS) is 10.8. The number of hydrogen-bond acceptors (Lipinski definition) is 4. The largest absolute Gasteiger partial charge is 0.389 e. The van der Waals surface area contributed by atoms with Crippen LogP contribution in [0, 0.1) is 6.92 Å². The number of anilines is 1. The minimum Gasteiger partial charge on any atom is -0.389 e. The van der Waals surface area contributed by atoms with Gasteiger partial charge in [-0.15, -0.1) is 0 Å². The zero-order valence-corrected chi connectivity index (χ0v) is 13.3. The number of fused-ring (bicyclic) bond motifs is 1. The second-order valence-corrected chi connectivity index (χ2v) is 5.63. The molecule has 0 fully saturated rings. The molecule has 0 aliphatic carbocycles. The molecule has 0 bridgehead atoms. The molecule has 0 radical (unpaired) electrons. The molecule has 2 heterocycles. The fourth-order valence-corrected chi connectivity index (χ4v) is 2.67. The van der Waals surface area contributed by atoms with Gasteiger partial charge in [0.05, 0.1) is 5.39 Å². The lowest BCUT2D eigenvalue weighted by molar-refractivity contribution is 0.823. The highest BCUT2D eigenvalue weighted by atomic mass is 32.1. The number of benzene rings is 1. The van der Waals surface area contributed by atoms with E-state index in [-0.39, 0.29) is 0 Å². The number of nitrogens with one attached hydrogen (secondary N) is 1. The molecule has 6 heteroatoms. The lowest BCUT2D eigenvalue weighted by atomic mass is 10.1. The van der Waals surface area contributed by atoms with Gasteiger partial charge in [0.25, 0.3) is 0 Å². The summed E-state index contributed by atoms with van der Waals surface area (Å²) in [5.41, 5.74) is 9.92. The highest BCUT2D eigenvalue weighted by Crippen LogP contribution is 2.26. The maximum atomic E-state index is 5.86. The van der Waals surface area contributed by atoms with Crippen molar-refractivity contribution in [2.45, 2.75) is 13.5 Å². The molecule has 0 aliphatic heterocycles. The van der Waals surface area contributed by atoms with Crippen LogP contribution < -0.4 is 11.1 Å². The molecule has 0 saturated heterocycles. The van der Waals surface area contributed by atoms with Gasteiger partial charge in [-0.05, 0) is 12.5 Å². The van der Waals surface area contributed by atoms with Crippen molar-refractivity contribution in [1.29, 1.82) is 0 Å². The fraction of sp³-hybridized carbons (Fsp3) is 0.188. The van der Waals surface area contributed by atoms with Crippen molar-refractivity contribution in [2.75, 3.05) is 12.4 Å². The third-order valence-electron chi connectivity index (χ3n) is 3.63. The first-order chi connectivity index (χ1) is 10.6. The van der Waals surface area contributed by atoms with Crippen molar-refractivity contribution >= 4 is 34.1 Å². The van der Waals surface area contributed by atoms with Gasteiger partial charge in [0.2, 0.25) is 0 Å². The van der Waals surface area contributed by atoms with Gasteiger partial charge in [0, 0.05) is 25.4 Å². The van der Waals surface area contributed by atoms with Gasteiger partial charge in [-0.2, -0.15) is 0 Å². The summed E-state index contributed by atoms with van der Waals surface area (Å²) in [5, 5.41) is 3.94. The lowest BCUT2D eigenvalue weighted by Gasteiger charge is -2.06. The van der Waals surface area contributed by atoms with Gasteiger partial charge in [-0.25, -0.2) is 9.97 Å². The molecule has 0 saturated carbocycles. The van der Waals surface area contributed by atoms with E-state index < -0.39 is 0 Å². The van der Waals surface area contributed by atoms with E-state index in [2.05, 4.69) is 51.0 Å². The van der Waals surface area contributed by atoms with Gasteiger partial charge in [-0.1, -0.05) is 42.0 Å². The lowest BCUT2D eigenvalue weighted by Crippen LogP contribution is -2.09. The number of rotatable bonds is 4. The van der Waals surface area contributed by atoms with Gasteiger partial charge in [0.1, 0.15) is 22.8 Å². The Hall–Kier alpha value is -2.47. The number of hydrogen-bond donors (Lipinski definition) is 2. The van der Waals surface area contributed by atoms with Crippen LogP contribution in [0.4, 0.5) is 5.82 Å². The van der Waals surface area contributed by atoms with Gasteiger partial charge in [0.15, 0.2) is 0 Å². The molecular formula is C16H17N5S. The van der Waals surface area contributed by atoms with Crippen molar-refractivity contribution in [2.24, 2.45) is 5.73 Å². The molecule has 3 N–H and O–H groups in total. The number of aromatic nitrogens is 3. The minimum atomic E-state index is 0.346. The number of nitrogens with zero attached hydrogens (tertiary/aromatic N) is 3. The van der Waals surface area contributed by atoms with Crippen molar-refractivity contribution in [3.8, 4) is 0 Å². The molecule has 0 amide bonds. The first-order valence-corrected chi connectivity index (χ1v) is 7.38. The average Bonchev–Trinajstić information content (AvgIpc) is 2.89. The average molecular weight is 311 g/mol. The molecule has 2 aromatic heterocycles. The van der Waals surface area contributed by atoms with Crippen molar-refractivity contribution in [3.63, 3.8) is 0 Å². The van der Waals surface area contributed by atoms with Crippen LogP contribution in [0.3, 0.4) is 0 Å². The fourth-order valence-electron chi connectivity index (χ4n) is 2.51. The van der Waals surface area contributed by atoms with E-state index >= 15 is 0 Å². The van der Waals surface area contributed by atoms with Crippen molar-refractivity contribution < 1.29 is 0 Å². The van der Waals surface area contributed by atoms with Crippen LogP contribution in [0.5, 0.6) is 0 Å². The van der Waals surface area contributed by atoms with E-state index in [1.54, 1.807) is 6.33 Å². The molecular weight excluding hydrogens is 294 g/mol. The van der Waals surface area contributed by atoms with E-state index in [0.29, 0.717) is 11.5 Å². The van der Waals surface area contributed by atoms with Crippen molar-refractivity contribution in [1.82, 2.24) is 14.5 Å². The Morgan fingerprint density at radius 3 is 2.64 bits per heavy atom.